The Labute approximate surface area is 121 Å². The summed E-state index contributed by atoms with van der Waals surface area (Å²) in [6, 6.07) is 0.0538. The van der Waals surface area contributed by atoms with Crippen LogP contribution in [-0.2, 0) is 9.53 Å². The molecule has 0 fully saturated rings. The summed E-state index contributed by atoms with van der Waals surface area (Å²) in [5.41, 5.74) is 4.40. The Bertz CT molecular complexity index is 547. The van der Waals surface area contributed by atoms with E-state index in [4.69, 9.17) is 5.73 Å². The zero-order valence-electron chi connectivity index (χ0n) is 11.2. The smallest absolute Gasteiger partial charge is 0.504 e. The standard InChI is InChI=1S/C12H12F5NO4/c1-2-21-10(20)11(13,14)9(18)6-4-3-5-7(8(6)19)22-12(15,16)17/h3-5,9,19H,2,18H2,1H3/t9-/m1/s1. The number of phenols is 1. The number of aromatic hydroxyl groups is 1. The van der Waals surface area contributed by atoms with Gasteiger partial charge in [-0.15, -0.1) is 13.2 Å². The summed E-state index contributed by atoms with van der Waals surface area (Å²) in [5.74, 6) is -8.55. The number of esters is 1. The lowest BCUT2D eigenvalue weighted by Crippen LogP contribution is -2.41. The fourth-order valence-corrected chi connectivity index (χ4v) is 1.55. The van der Waals surface area contributed by atoms with Gasteiger partial charge in [-0.3, -0.25) is 0 Å². The number of benzene rings is 1. The van der Waals surface area contributed by atoms with Crippen molar-refractivity contribution in [3.8, 4) is 11.5 Å². The van der Waals surface area contributed by atoms with Gasteiger partial charge in [0.05, 0.1) is 6.61 Å². The Kier molecular flexibility index (Phi) is 5.17. The number of hydrogen-bond acceptors (Lipinski definition) is 5. The number of alkyl halides is 5. The molecule has 1 aromatic rings. The van der Waals surface area contributed by atoms with Gasteiger partial charge in [0.15, 0.2) is 11.5 Å². The van der Waals surface area contributed by atoms with Crippen molar-refractivity contribution in [2.75, 3.05) is 6.61 Å². The third-order valence-corrected chi connectivity index (χ3v) is 2.53. The highest BCUT2D eigenvalue weighted by Gasteiger charge is 2.49. The van der Waals surface area contributed by atoms with Crippen LogP contribution in [0.25, 0.3) is 0 Å². The molecule has 0 saturated heterocycles. The molecule has 124 valence electrons. The molecule has 0 radical (unpaired) electrons. The molecule has 0 aromatic heterocycles. The maximum absolute atomic E-state index is 13.8. The van der Waals surface area contributed by atoms with E-state index in [9.17, 15) is 31.9 Å². The fraction of sp³-hybridized carbons (Fsp3) is 0.417. The molecule has 1 rings (SSSR count). The van der Waals surface area contributed by atoms with Crippen molar-refractivity contribution >= 4 is 5.97 Å². The first-order chi connectivity index (χ1) is 10.0. The van der Waals surface area contributed by atoms with E-state index in [0.29, 0.717) is 6.07 Å². The third kappa shape index (κ3) is 3.97. The molecule has 3 N–H and O–H groups in total. The topological polar surface area (TPSA) is 81.8 Å². The lowest BCUT2D eigenvalue weighted by Gasteiger charge is -2.23. The minimum atomic E-state index is -5.14. The highest BCUT2D eigenvalue weighted by Crippen LogP contribution is 2.40. The molecule has 1 aromatic carbocycles. The Morgan fingerprint density at radius 2 is 1.91 bits per heavy atom. The van der Waals surface area contributed by atoms with Crippen molar-refractivity contribution < 1.29 is 41.3 Å². The van der Waals surface area contributed by atoms with Crippen LogP contribution >= 0.6 is 0 Å². The first-order valence-electron chi connectivity index (χ1n) is 5.89. The molecule has 0 spiro atoms. The van der Waals surface area contributed by atoms with E-state index in [1.165, 1.54) is 6.92 Å². The van der Waals surface area contributed by atoms with Crippen LogP contribution in [0.4, 0.5) is 22.0 Å². The number of rotatable bonds is 5. The molecular weight excluding hydrogens is 317 g/mol. The van der Waals surface area contributed by atoms with E-state index in [1.54, 1.807) is 0 Å². The molecule has 1 atom stereocenters. The summed E-state index contributed by atoms with van der Waals surface area (Å²) in [7, 11) is 0. The van der Waals surface area contributed by atoms with Crippen LogP contribution in [0.1, 0.15) is 18.5 Å². The summed E-state index contributed by atoms with van der Waals surface area (Å²) in [6.07, 6.45) is -5.14. The van der Waals surface area contributed by atoms with Crippen LogP contribution in [0.2, 0.25) is 0 Å². The van der Waals surface area contributed by atoms with E-state index in [-0.39, 0.29) is 6.61 Å². The van der Waals surface area contributed by atoms with Crippen molar-refractivity contribution in [2.24, 2.45) is 5.73 Å². The van der Waals surface area contributed by atoms with Gasteiger partial charge < -0.3 is 20.3 Å². The quantitative estimate of drug-likeness (QED) is 0.641. The minimum Gasteiger partial charge on any atom is -0.504 e. The number of halogens is 5. The van der Waals surface area contributed by atoms with Crippen LogP contribution in [0.5, 0.6) is 11.5 Å². The van der Waals surface area contributed by atoms with Crippen molar-refractivity contribution in [3.05, 3.63) is 23.8 Å². The zero-order valence-corrected chi connectivity index (χ0v) is 11.2. The highest BCUT2D eigenvalue weighted by molar-refractivity contribution is 5.79. The van der Waals surface area contributed by atoms with Gasteiger partial charge in [-0.25, -0.2) is 4.79 Å². The molecule has 0 bridgehead atoms. The Morgan fingerprint density at radius 3 is 2.41 bits per heavy atom. The summed E-state index contributed by atoms with van der Waals surface area (Å²) >= 11 is 0. The molecule has 5 nitrogen and oxygen atoms in total. The van der Waals surface area contributed by atoms with E-state index >= 15 is 0 Å². The summed E-state index contributed by atoms with van der Waals surface area (Å²) in [5, 5.41) is 9.61. The van der Waals surface area contributed by atoms with Crippen LogP contribution in [0, 0.1) is 0 Å². The number of para-hydroxylation sites is 1. The summed E-state index contributed by atoms with van der Waals surface area (Å²) < 4.78 is 71.5. The molecular formula is C12H12F5NO4. The first-order valence-corrected chi connectivity index (χ1v) is 5.89. The highest BCUT2D eigenvalue weighted by atomic mass is 19.4. The minimum absolute atomic E-state index is 0.343. The van der Waals surface area contributed by atoms with Gasteiger partial charge in [0.2, 0.25) is 0 Å². The van der Waals surface area contributed by atoms with Crippen molar-refractivity contribution in [1.29, 1.82) is 0 Å². The predicted octanol–water partition coefficient (Wildman–Crippen LogP) is 2.49. The molecule has 0 amide bonds. The molecule has 0 aliphatic carbocycles. The lowest BCUT2D eigenvalue weighted by atomic mass is 10.00. The number of carbonyl (C=O) groups is 1. The Morgan fingerprint density at radius 1 is 1.32 bits per heavy atom. The van der Waals surface area contributed by atoms with Crippen LogP contribution in [0.15, 0.2) is 18.2 Å². The SMILES string of the molecule is CCOC(=O)C(F)(F)[C@H](N)c1cccc(OC(F)(F)F)c1O. The van der Waals surface area contributed by atoms with Gasteiger partial charge in [0.1, 0.15) is 6.04 Å². The largest absolute Gasteiger partial charge is 0.573 e. The molecule has 0 unspecified atom stereocenters. The molecule has 0 aliphatic heterocycles. The van der Waals surface area contributed by atoms with Gasteiger partial charge >= 0.3 is 18.3 Å². The number of hydrogen-bond donors (Lipinski definition) is 2. The fourth-order valence-electron chi connectivity index (χ4n) is 1.55. The molecule has 0 heterocycles. The van der Waals surface area contributed by atoms with Gasteiger partial charge in [-0.2, -0.15) is 8.78 Å². The third-order valence-electron chi connectivity index (χ3n) is 2.53. The average molecular weight is 329 g/mol. The van der Waals surface area contributed by atoms with Crippen LogP contribution in [-0.4, -0.2) is 30.0 Å². The molecule has 0 saturated carbocycles. The predicted molar refractivity (Wildman–Crippen MR) is 63.3 cm³/mol. The number of phenolic OH excluding ortho intramolecular Hbond substituents is 1. The zero-order chi connectivity index (χ0) is 17.1. The van der Waals surface area contributed by atoms with Crippen LogP contribution in [0.3, 0.4) is 0 Å². The van der Waals surface area contributed by atoms with Crippen molar-refractivity contribution in [1.82, 2.24) is 0 Å². The maximum atomic E-state index is 13.8. The first kappa shape index (κ1) is 18.0. The number of nitrogens with two attached hydrogens (primary N) is 1. The normalized spacial score (nSPS) is 13.6. The van der Waals surface area contributed by atoms with Gasteiger partial charge in [0.25, 0.3) is 0 Å². The lowest BCUT2D eigenvalue weighted by molar-refractivity contribution is -0.275. The maximum Gasteiger partial charge on any atom is 0.573 e. The summed E-state index contributed by atoms with van der Waals surface area (Å²) in [4.78, 5) is 11.2. The number of carbonyl (C=O) groups excluding carboxylic acids is 1. The van der Waals surface area contributed by atoms with E-state index in [2.05, 4.69) is 9.47 Å². The second kappa shape index (κ2) is 6.34. The summed E-state index contributed by atoms with van der Waals surface area (Å²) in [6.45, 7) is 0.944. The Hall–Kier alpha value is -2.10. The van der Waals surface area contributed by atoms with Gasteiger partial charge in [-0.05, 0) is 13.0 Å². The van der Waals surface area contributed by atoms with Crippen molar-refractivity contribution in [2.45, 2.75) is 25.3 Å². The molecule has 0 aliphatic rings. The van der Waals surface area contributed by atoms with E-state index < -0.39 is 41.4 Å². The average Bonchev–Trinajstić information content (AvgIpc) is 2.39. The second-order valence-corrected chi connectivity index (χ2v) is 4.06. The molecule has 22 heavy (non-hydrogen) atoms. The monoisotopic (exact) mass is 329 g/mol. The molecule has 10 heteroatoms. The second-order valence-electron chi connectivity index (χ2n) is 4.06. The van der Waals surface area contributed by atoms with Crippen LogP contribution < -0.4 is 10.5 Å². The Balaban J connectivity index is 3.16. The van der Waals surface area contributed by atoms with Gasteiger partial charge in [0, 0.05) is 5.56 Å². The van der Waals surface area contributed by atoms with E-state index in [1.807, 2.05) is 0 Å². The van der Waals surface area contributed by atoms with Crippen molar-refractivity contribution in [3.63, 3.8) is 0 Å². The van der Waals surface area contributed by atoms with Gasteiger partial charge in [-0.1, -0.05) is 12.1 Å². The van der Waals surface area contributed by atoms with E-state index in [0.717, 1.165) is 12.1 Å². The number of ether oxygens (including phenoxy) is 2.